The minimum Gasteiger partial charge on any atom is -0.515 e. The molecule has 1 saturated heterocycles. The van der Waals surface area contributed by atoms with Crippen molar-refractivity contribution >= 4 is 11.5 Å². The molecule has 2 aromatic carbocycles. The molecule has 3 atom stereocenters. The minimum absolute atomic E-state index is 0.0483. The molecule has 0 spiro atoms. The molecule has 0 radical (unpaired) electrons. The number of hydrogen-bond acceptors (Lipinski definition) is 6. The highest BCUT2D eigenvalue weighted by Gasteiger charge is 2.55. The van der Waals surface area contributed by atoms with Gasteiger partial charge in [0.15, 0.2) is 5.78 Å². The number of hydrogen-bond donors (Lipinski definition) is 1. The Morgan fingerprint density at radius 2 is 1.78 bits per heavy atom. The van der Waals surface area contributed by atoms with Gasteiger partial charge >= 0.3 is 0 Å². The van der Waals surface area contributed by atoms with E-state index in [0.29, 0.717) is 12.0 Å². The molecule has 37 heavy (non-hydrogen) atoms. The monoisotopic (exact) mass is 495 g/mol. The van der Waals surface area contributed by atoms with Crippen LogP contribution in [0, 0.1) is 18.8 Å². The predicted octanol–water partition coefficient (Wildman–Crippen LogP) is 5.19. The van der Waals surface area contributed by atoms with Gasteiger partial charge in [-0.25, -0.2) is 9.97 Å². The number of fused-ring (bicyclic) bond motifs is 3. The Kier molecular flexibility index (Phi) is 6.07. The summed E-state index contributed by atoms with van der Waals surface area (Å²) in [5.41, 5.74) is 6.55. The fourth-order valence-electron chi connectivity index (χ4n) is 6.87. The molecule has 2 heterocycles. The van der Waals surface area contributed by atoms with Gasteiger partial charge in [-0.05, 0) is 49.8 Å². The first kappa shape index (κ1) is 23.9. The van der Waals surface area contributed by atoms with Gasteiger partial charge in [-0.15, -0.1) is 0 Å². The Morgan fingerprint density at radius 1 is 1.05 bits per heavy atom. The van der Waals surface area contributed by atoms with Crippen LogP contribution in [0.25, 0.3) is 11.3 Å². The van der Waals surface area contributed by atoms with Crippen molar-refractivity contribution in [3.63, 3.8) is 0 Å². The molecule has 1 aliphatic heterocycles. The maximum atomic E-state index is 13.1. The number of aliphatic hydroxyl groups excluding tert-OH is 1. The Balaban J connectivity index is 1.51. The quantitative estimate of drug-likeness (QED) is 0.398. The molecule has 3 aliphatic rings. The second-order valence-electron chi connectivity index (χ2n) is 10.6. The molecule has 3 aromatic rings. The number of nitrogens with zero attached hydrogens (tertiary/aromatic N) is 3. The van der Waals surface area contributed by atoms with Crippen molar-refractivity contribution in [3.8, 4) is 11.3 Å². The SMILES string of the molecule is Cc1nc(-c2ccc(N3CCOCC3)cc2)c2c(n1)[C@@]1(c3ccccc3)CC(=CO)C(=O)[C@@H](C)[C@@H]1CC2. The van der Waals surface area contributed by atoms with Crippen LogP contribution in [0.1, 0.15) is 42.4 Å². The van der Waals surface area contributed by atoms with Gasteiger partial charge in [0.05, 0.1) is 30.9 Å². The van der Waals surface area contributed by atoms with E-state index < -0.39 is 5.41 Å². The molecule has 6 rings (SSSR count). The van der Waals surface area contributed by atoms with Crippen molar-refractivity contribution in [1.82, 2.24) is 9.97 Å². The lowest BCUT2D eigenvalue weighted by atomic mass is 9.52. The van der Waals surface area contributed by atoms with Gasteiger partial charge in [0.2, 0.25) is 0 Å². The number of aromatic nitrogens is 2. The highest BCUT2D eigenvalue weighted by atomic mass is 16.5. The van der Waals surface area contributed by atoms with Crippen LogP contribution >= 0.6 is 0 Å². The summed E-state index contributed by atoms with van der Waals surface area (Å²) in [5.74, 6) is 0.671. The molecule has 190 valence electrons. The van der Waals surface area contributed by atoms with Gasteiger partial charge in [0.1, 0.15) is 5.82 Å². The van der Waals surface area contributed by atoms with Crippen molar-refractivity contribution < 1.29 is 14.6 Å². The molecule has 1 aromatic heterocycles. The highest BCUT2D eigenvalue weighted by molar-refractivity contribution is 5.98. The summed E-state index contributed by atoms with van der Waals surface area (Å²) in [4.78, 5) is 25.6. The van der Waals surface area contributed by atoms with E-state index in [-0.39, 0.29) is 17.6 Å². The fraction of sp³-hybridized carbons (Fsp3) is 0.387. The minimum atomic E-state index is -0.493. The number of carbonyl (C=O) groups is 1. The van der Waals surface area contributed by atoms with E-state index in [9.17, 15) is 9.90 Å². The summed E-state index contributed by atoms with van der Waals surface area (Å²) in [6, 6.07) is 19.1. The lowest BCUT2D eigenvalue weighted by molar-refractivity contribution is -0.123. The topological polar surface area (TPSA) is 75.6 Å². The Morgan fingerprint density at radius 3 is 2.49 bits per heavy atom. The van der Waals surface area contributed by atoms with Gasteiger partial charge < -0.3 is 14.7 Å². The van der Waals surface area contributed by atoms with Gasteiger partial charge in [-0.3, -0.25) is 4.79 Å². The fourth-order valence-corrected chi connectivity index (χ4v) is 6.87. The average Bonchev–Trinajstić information content (AvgIpc) is 2.95. The number of anilines is 1. The number of Topliss-reactive ketones (excluding diaryl/α,β-unsaturated/α-hetero) is 1. The molecule has 6 heteroatoms. The third kappa shape index (κ3) is 3.86. The average molecular weight is 496 g/mol. The summed E-state index contributed by atoms with van der Waals surface area (Å²) in [7, 11) is 0. The van der Waals surface area contributed by atoms with Crippen molar-refractivity contribution in [2.24, 2.45) is 11.8 Å². The van der Waals surface area contributed by atoms with E-state index in [1.165, 1.54) is 5.69 Å². The maximum Gasteiger partial charge on any atom is 0.165 e. The van der Waals surface area contributed by atoms with E-state index in [2.05, 4.69) is 53.4 Å². The van der Waals surface area contributed by atoms with Crippen molar-refractivity contribution in [3.05, 3.63) is 89.1 Å². The number of allylic oxidation sites excluding steroid dienone is 1. The summed E-state index contributed by atoms with van der Waals surface area (Å²) in [6.07, 6.45) is 3.16. The molecule has 1 N–H and O–H groups in total. The van der Waals surface area contributed by atoms with E-state index in [1.807, 2.05) is 19.9 Å². The number of aliphatic hydroxyl groups is 1. The number of ether oxygens (including phenoxy) is 1. The van der Waals surface area contributed by atoms with Gasteiger partial charge in [-0.2, -0.15) is 0 Å². The smallest absolute Gasteiger partial charge is 0.165 e. The van der Waals surface area contributed by atoms with Crippen LogP contribution in [0.4, 0.5) is 5.69 Å². The Hall–Kier alpha value is -3.51. The Bertz CT molecular complexity index is 1350. The second kappa shape index (κ2) is 9.42. The molecular formula is C31H33N3O3. The summed E-state index contributed by atoms with van der Waals surface area (Å²) >= 11 is 0. The zero-order valence-electron chi connectivity index (χ0n) is 21.5. The summed E-state index contributed by atoms with van der Waals surface area (Å²) < 4.78 is 5.51. The second-order valence-corrected chi connectivity index (χ2v) is 10.6. The zero-order chi connectivity index (χ0) is 25.6. The molecule has 6 nitrogen and oxygen atoms in total. The number of benzene rings is 2. The number of ketones is 1. The number of morpholine rings is 1. The molecule has 0 amide bonds. The highest BCUT2D eigenvalue weighted by Crippen LogP contribution is 2.56. The lowest BCUT2D eigenvalue weighted by Crippen LogP contribution is -2.51. The van der Waals surface area contributed by atoms with Crippen LogP contribution in [0.15, 0.2) is 66.4 Å². The molecule has 0 unspecified atom stereocenters. The maximum absolute atomic E-state index is 13.1. The standard InChI is InChI=1S/C31H33N3O3/c1-20-27-13-12-26-28(22-8-10-25(11-9-22)34-14-16-37-17-15-34)32-21(2)33-30(26)31(27,18-23(19-35)29(20)36)24-6-4-3-5-7-24/h3-11,19-20,27,35H,12-18H2,1-2H3/t20-,27-,31+/m0/s1. The van der Waals surface area contributed by atoms with E-state index >= 15 is 0 Å². The molecule has 2 fully saturated rings. The van der Waals surface area contributed by atoms with Crippen LogP contribution in [-0.2, 0) is 21.4 Å². The van der Waals surface area contributed by atoms with Crippen LogP contribution in [0.5, 0.6) is 0 Å². The third-order valence-corrected chi connectivity index (χ3v) is 8.64. The number of carbonyl (C=O) groups excluding carboxylic acids is 1. The van der Waals surface area contributed by atoms with Gasteiger partial charge in [0, 0.05) is 46.8 Å². The summed E-state index contributed by atoms with van der Waals surface area (Å²) in [6.45, 7) is 7.29. The number of aryl methyl sites for hydroxylation is 1. The normalized spacial score (nSPS) is 26.6. The zero-order valence-corrected chi connectivity index (χ0v) is 21.5. The van der Waals surface area contributed by atoms with Crippen LogP contribution in [0.2, 0.25) is 0 Å². The van der Waals surface area contributed by atoms with Crippen LogP contribution in [0.3, 0.4) is 0 Å². The molecule has 1 saturated carbocycles. The van der Waals surface area contributed by atoms with Crippen LogP contribution < -0.4 is 4.90 Å². The number of rotatable bonds is 3. The molecule has 2 aliphatic carbocycles. The summed E-state index contributed by atoms with van der Waals surface area (Å²) in [5, 5.41) is 10.1. The van der Waals surface area contributed by atoms with Crippen LogP contribution in [-0.4, -0.2) is 47.2 Å². The third-order valence-electron chi connectivity index (χ3n) is 8.64. The van der Waals surface area contributed by atoms with E-state index in [1.54, 1.807) is 0 Å². The first-order valence-electron chi connectivity index (χ1n) is 13.3. The first-order chi connectivity index (χ1) is 18.0. The van der Waals surface area contributed by atoms with Gasteiger partial charge in [0.25, 0.3) is 0 Å². The van der Waals surface area contributed by atoms with Gasteiger partial charge in [-0.1, -0.05) is 49.4 Å². The first-order valence-corrected chi connectivity index (χ1v) is 13.3. The largest absolute Gasteiger partial charge is 0.515 e. The Labute approximate surface area is 218 Å². The van der Waals surface area contributed by atoms with Crippen molar-refractivity contribution in [1.29, 1.82) is 0 Å². The van der Waals surface area contributed by atoms with E-state index in [4.69, 9.17) is 14.7 Å². The van der Waals surface area contributed by atoms with Crippen molar-refractivity contribution in [2.45, 2.75) is 38.5 Å². The predicted molar refractivity (Wildman–Crippen MR) is 144 cm³/mol. The molecule has 0 bridgehead atoms. The molecular weight excluding hydrogens is 462 g/mol. The van der Waals surface area contributed by atoms with Crippen molar-refractivity contribution in [2.75, 3.05) is 31.2 Å². The lowest BCUT2D eigenvalue weighted by Gasteiger charge is -2.51. The van der Waals surface area contributed by atoms with E-state index in [0.717, 1.165) is 79.3 Å².